The summed E-state index contributed by atoms with van der Waals surface area (Å²) >= 11 is 0. The van der Waals surface area contributed by atoms with Gasteiger partial charge in [0, 0.05) is 18.8 Å². The summed E-state index contributed by atoms with van der Waals surface area (Å²) < 4.78 is 0. The van der Waals surface area contributed by atoms with Gasteiger partial charge in [0.15, 0.2) is 0 Å². The van der Waals surface area contributed by atoms with Crippen molar-refractivity contribution in [3.05, 3.63) is 29.8 Å². The lowest BCUT2D eigenvalue weighted by atomic mass is 10.2. The molecule has 0 aliphatic heterocycles. The number of aryl methyl sites for hydroxylation is 1. The van der Waals surface area contributed by atoms with E-state index < -0.39 is 0 Å². The van der Waals surface area contributed by atoms with Crippen LogP contribution in [0.3, 0.4) is 0 Å². The van der Waals surface area contributed by atoms with E-state index in [1.54, 1.807) is 0 Å². The van der Waals surface area contributed by atoms with E-state index >= 15 is 0 Å². The molecule has 0 saturated carbocycles. The first-order chi connectivity index (χ1) is 8.13. The monoisotopic (exact) mass is 236 g/mol. The number of benzene rings is 1. The lowest BCUT2D eigenvalue weighted by Gasteiger charge is -2.25. The first kappa shape index (κ1) is 14.0. The van der Waals surface area contributed by atoms with Crippen LogP contribution in [0.2, 0.25) is 0 Å². The SMILES string of the molecule is Cc1ccc(N(CCCN)CCC(C)O)cc1. The number of anilines is 1. The number of hydrogen-bond donors (Lipinski definition) is 2. The lowest BCUT2D eigenvalue weighted by Crippen LogP contribution is -2.29. The molecule has 17 heavy (non-hydrogen) atoms. The summed E-state index contributed by atoms with van der Waals surface area (Å²) in [4.78, 5) is 2.29. The van der Waals surface area contributed by atoms with E-state index in [0.717, 1.165) is 25.9 Å². The summed E-state index contributed by atoms with van der Waals surface area (Å²) in [6, 6.07) is 8.50. The van der Waals surface area contributed by atoms with E-state index in [1.165, 1.54) is 11.3 Å². The highest BCUT2D eigenvalue weighted by Crippen LogP contribution is 2.16. The molecule has 0 amide bonds. The summed E-state index contributed by atoms with van der Waals surface area (Å²) in [7, 11) is 0. The fourth-order valence-corrected chi connectivity index (χ4v) is 1.75. The van der Waals surface area contributed by atoms with Gasteiger partial charge in [0.25, 0.3) is 0 Å². The first-order valence-corrected chi connectivity index (χ1v) is 6.33. The molecule has 0 fully saturated rings. The Labute approximate surface area is 104 Å². The predicted molar refractivity (Wildman–Crippen MR) is 73.4 cm³/mol. The van der Waals surface area contributed by atoms with Gasteiger partial charge in [-0.15, -0.1) is 0 Å². The van der Waals surface area contributed by atoms with Crippen molar-refractivity contribution in [1.82, 2.24) is 0 Å². The number of nitrogens with zero attached hydrogens (tertiary/aromatic N) is 1. The Balaban J connectivity index is 2.63. The molecule has 3 nitrogen and oxygen atoms in total. The molecule has 3 heteroatoms. The van der Waals surface area contributed by atoms with E-state index in [9.17, 15) is 5.11 Å². The summed E-state index contributed by atoms with van der Waals surface area (Å²) in [5.74, 6) is 0. The molecule has 0 radical (unpaired) electrons. The van der Waals surface area contributed by atoms with Crippen LogP contribution in [-0.2, 0) is 0 Å². The Hall–Kier alpha value is -1.06. The second kappa shape index (κ2) is 7.30. The van der Waals surface area contributed by atoms with E-state index in [4.69, 9.17) is 5.73 Å². The van der Waals surface area contributed by atoms with Crippen molar-refractivity contribution in [3.63, 3.8) is 0 Å². The highest BCUT2D eigenvalue weighted by atomic mass is 16.3. The Morgan fingerprint density at radius 3 is 2.41 bits per heavy atom. The van der Waals surface area contributed by atoms with Crippen molar-refractivity contribution in [3.8, 4) is 0 Å². The van der Waals surface area contributed by atoms with Crippen LogP contribution >= 0.6 is 0 Å². The molecule has 0 spiro atoms. The second-order valence-electron chi connectivity index (χ2n) is 4.60. The average Bonchev–Trinajstić information content (AvgIpc) is 2.30. The zero-order valence-electron chi connectivity index (χ0n) is 10.9. The zero-order chi connectivity index (χ0) is 12.7. The molecular weight excluding hydrogens is 212 g/mol. The van der Waals surface area contributed by atoms with Crippen molar-refractivity contribution in [2.24, 2.45) is 5.73 Å². The van der Waals surface area contributed by atoms with E-state index in [1.807, 2.05) is 6.92 Å². The average molecular weight is 236 g/mol. The smallest absolute Gasteiger partial charge is 0.0528 e. The summed E-state index contributed by atoms with van der Waals surface area (Å²) in [5, 5.41) is 9.37. The van der Waals surface area contributed by atoms with Crippen molar-refractivity contribution in [2.75, 3.05) is 24.5 Å². The van der Waals surface area contributed by atoms with Gasteiger partial charge in [-0.25, -0.2) is 0 Å². The fraction of sp³-hybridized carbons (Fsp3) is 0.571. The molecule has 0 aliphatic carbocycles. The van der Waals surface area contributed by atoms with Gasteiger partial charge < -0.3 is 15.7 Å². The maximum absolute atomic E-state index is 9.37. The fourth-order valence-electron chi connectivity index (χ4n) is 1.75. The molecule has 3 N–H and O–H groups in total. The molecule has 0 saturated heterocycles. The van der Waals surface area contributed by atoms with Crippen LogP contribution in [0.15, 0.2) is 24.3 Å². The Bertz CT molecular complexity index is 309. The van der Waals surface area contributed by atoms with Crippen LogP contribution in [0.1, 0.15) is 25.3 Å². The highest BCUT2D eigenvalue weighted by Gasteiger charge is 2.07. The number of nitrogens with two attached hydrogens (primary N) is 1. The largest absolute Gasteiger partial charge is 0.393 e. The molecule has 1 aromatic carbocycles. The van der Waals surface area contributed by atoms with Gasteiger partial charge in [0.05, 0.1) is 6.10 Å². The minimum absolute atomic E-state index is 0.249. The third kappa shape index (κ3) is 5.20. The quantitative estimate of drug-likeness (QED) is 0.760. The van der Waals surface area contributed by atoms with Gasteiger partial charge in [-0.3, -0.25) is 0 Å². The van der Waals surface area contributed by atoms with Crippen LogP contribution < -0.4 is 10.6 Å². The van der Waals surface area contributed by atoms with Crippen LogP contribution in [0.25, 0.3) is 0 Å². The van der Waals surface area contributed by atoms with E-state index in [2.05, 4.69) is 36.1 Å². The molecule has 0 aromatic heterocycles. The molecule has 96 valence electrons. The van der Waals surface area contributed by atoms with Crippen molar-refractivity contribution >= 4 is 5.69 Å². The van der Waals surface area contributed by atoms with Crippen molar-refractivity contribution in [2.45, 2.75) is 32.8 Å². The number of hydrogen-bond acceptors (Lipinski definition) is 3. The van der Waals surface area contributed by atoms with Gasteiger partial charge in [-0.2, -0.15) is 0 Å². The second-order valence-corrected chi connectivity index (χ2v) is 4.60. The third-order valence-corrected chi connectivity index (χ3v) is 2.85. The Morgan fingerprint density at radius 2 is 1.88 bits per heavy atom. The van der Waals surface area contributed by atoms with Gasteiger partial charge in [0.1, 0.15) is 0 Å². The lowest BCUT2D eigenvalue weighted by molar-refractivity contribution is 0.186. The molecular formula is C14H24N2O. The standard InChI is InChI=1S/C14H24N2O/c1-12-4-6-14(7-5-12)16(10-3-9-15)11-8-13(2)17/h4-7,13,17H,3,8-11,15H2,1-2H3. The Morgan fingerprint density at radius 1 is 1.24 bits per heavy atom. The topological polar surface area (TPSA) is 49.5 Å². The number of rotatable bonds is 7. The number of aliphatic hydroxyl groups excluding tert-OH is 1. The van der Waals surface area contributed by atoms with Crippen LogP contribution in [0.4, 0.5) is 5.69 Å². The van der Waals surface area contributed by atoms with Crippen molar-refractivity contribution in [1.29, 1.82) is 0 Å². The van der Waals surface area contributed by atoms with Crippen LogP contribution in [0.5, 0.6) is 0 Å². The molecule has 1 rings (SSSR count). The van der Waals surface area contributed by atoms with Gasteiger partial charge in [0.2, 0.25) is 0 Å². The number of aliphatic hydroxyl groups is 1. The minimum atomic E-state index is -0.249. The molecule has 0 aliphatic rings. The van der Waals surface area contributed by atoms with Crippen molar-refractivity contribution < 1.29 is 5.11 Å². The molecule has 0 heterocycles. The maximum Gasteiger partial charge on any atom is 0.0528 e. The summed E-state index contributed by atoms with van der Waals surface area (Å²) in [6.45, 7) is 6.45. The van der Waals surface area contributed by atoms with Gasteiger partial charge in [-0.05, 0) is 45.4 Å². The van der Waals surface area contributed by atoms with E-state index in [-0.39, 0.29) is 6.10 Å². The van der Waals surface area contributed by atoms with Gasteiger partial charge in [-0.1, -0.05) is 17.7 Å². The molecule has 1 atom stereocenters. The molecule has 1 unspecified atom stereocenters. The molecule has 1 aromatic rings. The summed E-state index contributed by atoms with van der Waals surface area (Å²) in [5.41, 5.74) is 8.04. The van der Waals surface area contributed by atoms with Crippen LogP contribution in [0, 0.1) is 6.92 Å². The van der Waals surface area contributed by atoms with Crippen LogP contribution in [-0.4, -0.2) is 30.8 Å². The van der Waals surface area contributed by atoms with Gasteiger partial charge >= 0.3 is 0 Å². The summed E-state index contributed by atoms with van der Waals surface area (Å²) in [6.07, 6.45) is 1.52. The Kier molecular flexibility index (Phi) is 6.01. The zero-order valence-corrected chi connectivity index (χ0v) is 10.9. The first-order valence-electron chi connectivity index (χ1n) is 6.33. The third-order valence-electron chi connectivity index (χ3n) is 2.85. The molecule has 0 bridgehead atoms. The predicted octanol–water partition coefficient (Wildman–Crippen LogP) is 1.92. The minimum Gasteiger partial charge on any atom is -0.393 e. The highest BCUT2D eigenvalue weighted by molar-refractivity contribution is 5.47. The normalized spacial score (nSPS) is 12.5. The van der Waals surface area contributed by atoms with E-state index in [0.29, 0.717) is 6.54 Å². The maximum atomic E-state index is 9.37.